The first kappa shape index (κ1) is 57.5. The lowest BCUT2D eigenvalue weighted by Gasteiger charge is -2.26. The molecule has 69 heavy (non-hydrogen) atoms. The van der Waals surface area contributed by atoms with Gasteiger partial charge in [-0.2, -0.15) is 25.3 Å². The lowest BCUT2D eigenvalue weighted by atomic mass is 10.0. The van der Waals surface area contributed by atoms with Crippen LogP contribution in [-0.4, -0.2) is 161 Å². The van der Waals surface area contributed by atoms with Crippen LogP contribution in [0, 0.1) is 5.41 Å². The first-order valence-electron chi connectivity index (χ1n) is 22.4. The molecule has 2 aliphatic rings. The number of aliphatic carboxylic acids is 1. The fourth-order valence-electron chi connectivity index (χ4n) is 6.99. The van der Waals surface area contributed by atoms with Gasteiger partial charge in [0.1, 0.15) is 41.8 Å². The number of nitrogens with one attached hydrogen (secondary N) is 11. The van der Waals surface area contributed by atoms with E-state index in [1.807, 2.05) is 6.92 Å². The van der Waals surface area contributed by atoms with Gasteiger partial charge in [0.05, 0.1) is 18.7 Å². The molecule has 0 bridgehead atoms. The summed E-state index contributed by atoms with van der Waals surface area (Å²) in [7, 11) is 0. The van der Waals surface area contributed by atoms with Crippen molar-refractivity contribution < 1.29 is 53.1 Å². The summed E-state index contributed by atoms with van der Waals surface area (Å²) in [5.41, 5.74) is 10.2. The number of carbonyl (C=O) groups excluding carboxylic acids is 9. The molecule has 0 spiro atoms. The average Bonchev–Trinajstić information content (AvgIpc) is 4.02. The van der Waals surface area contributed by atoms with Crippen LogP contribution in [0.25, 0.3) is 0 Å². The Bertz CT molecular complexity index is 2010. The molecule has 0 radical (unpaired) electrons. The number of thiol groups is 2. The highest BCUT2D eigenvalue weighted by Crippen LogP contribution is 2.46. The molecule has 382 valence electrons. The molecule has 27 heteroatoms. The van der Waals surface area contributed by atoms with Gasteiger partial charge in [-0.15, -0.1) is 11.8 Å². The van der Waals surface area contributed by atoms with Crippen LogP contribution in [-0.2, 0) is 54.4 Å². The normalized spacial score (nSPS) is 25.8. The molecule has 2 fully saturated rings. The molecule has 1 saturated carbocycles. The minimum absolute atomic E-state index is 0.0742. The van der Waals surface area contributed by atoms with Gasteiger partial charge in [0, 0.05) is 36.3 Å². The summed E-state index contributed by atoms with van der Waals surface area (Å²) in [4.78, 5) is 135. The van der Waals surface area contributed by atoms with Gasteiger partial charge >= 0.3 is 5.97 Å². The Hall–Kier alpha value is -5.80. The second-order valence-corrected chi connectivity index (χ2v) is 18.3. The van der Waals surface area contributed by atoms with Crippen molar-refractivity contribution in [1.82, 2.24) is 53.2 Å². The van der Waals surface area contributed by atoms with Crippen molar-refractivity contribution in [3.05, 3.63) is 35.9 Å². The van der Waals surface area contributed by atoms with Gasteiger partial charge < -0.3 is 69.7 Å². The van der Waals surface area contributed by atoms with E-state index < -0.39 is 119 Å². The number of rotatable bonds is 17. The van der Waals surface area contributed by atoms with Crippen molar-refractivity contribution >= 4 is 102 Å². The highest BCUT2D eigenvalue weighted by Gasteiger charge is 2.62. The van der Waals surface area contributed by atoms with Gasteiger partial charge in [0.25, 0.3) is 0 Å². The molecule has 1 aliphatic carbocycles. The maximum Gasteiger partial charge on any atom is 0.305 e. The number of hydrogen-bond acceptors (Lipinski definition) is 15. The van der Waals surface area contributed by atoms with E-state index in [4.69, 9.17) is 16.9 Å². The van der Waals surface area contributed by atoms with Gasteiger partial charge in [-0.25, -0.2) is 0 Å². The van der Waals surface area contributed by atoms with Gasteiger partial charge in [-0.05, 0) is 57.1 Å². The molecule has 1 saturated heterocycles. The fourth-order valence-corrected chi connectivity index (χ4v) is 8.77. The van der Waals surface area contributed by atoms with E-state index in [9.17, 15) is 53.1 Å². The number of guanidine groups is 1. The molecule has 0 aromatic heterocycles. The van der Waals surface area contributed by atoms with E-state index in [0.29, 0.717) is 31.4 Å². The number of amides is 9. The van der Waals surface area contributed by atoms with Gasteiger partial charge in [-0.1, -0.05) is 37.3 Å². The standard InChI is InChI=1S/C42H65N13O11S3/c1-2-14-46-40(66)42-18-30(42)69-22-32(57)49-25(11-6-7-13-43)35(61)53-28(20-67)37(63)51-24(12-8-15-47-41(44)45)34(60)48-19-31(56)50-27(17-33(58)59)36(62)54-29(21-68)38(64)52-26(39(65)55-42)16-23-9-4-3-5-10-23/h3-5,9-10,24-30,67-68H,2,6-8,11-22,43H2,1H3,(H,46,66)(H,48,60)(H,49,57)(H,50,56)(H,51,63)(H,52,64)(H,53,61)(H,54,62)(H,55,65)(H,58,59)(H4,44,45,47)/t24-,25-,26-,27-,28?,29?,30-,42?/m0/s1. The summed E-state index contributed by atoms with van der Waals surface area (Å²) in [6.07, 6.45) is 0.746. The van der Waals surface area contributed by atoms with E-state index in [1.165, 1.54) is 0 Å². The number of carboxylic acid groups (broad SMARTS) is 1. The molecule has 9 amide bonds. The Morgan fingerprint density at radius 1 is 0.739 bits per heavy atom. The van der Waals surface area contributed by atoms with E-state index in [0.717, 1.165) is 11.8 Å². The lowest BCUT2D eigenvalue weighted by molar-refractivity contribution is -0.141. The summed E-state index contributed by atoms with van der Waals surface area (Å²) in [6.45, 7) is 1.69. The third-order valence-corrected chi connectivity index (χ3v) is 12.9. The Labute approximate surface area is 414 Å². The molecule has 24 nitrogen and oxygen atoms in total. The van der Waals surface area contributed by atoms with Crippen molar-refractivity contribution in [2.24, 2.45) is 11.5 Å². The predicted molar refractivity (Wildman–Crippen MR) is 262 cm³/mol. The lowest BCUT2D eigenvalue weighted by Crippen LogP contribution is -2.60. The molecule has 1 aromatic rings. The molecule has 8 atom stereocenters. The molecule has 1 aliphatic heterocycles. The predicted octanol–water partition coefficient (Wildman–Crippen LogP) is -4.12. The first-order chi connectivity index (χ1) is 32.9. The smallest absolute Gasteiger partial charge is 0.305 e. The molecule has 1 aromatic carbocycles. The van der Waals surface area contributed by atoms with Crippen LogP contribution in [0.3, 0.4) is 0 Å². The minimum atomic E-state index is -1.78. The maximum absolute atomic E-state index is 14.3. The van der Waals surface area contributed by atoms with Crippen molar-refractivity contribution in [3.63, 3.8) is 0 Å². The highest BCUT2D eigenvalue weighted by atomic mass is 32.2. The Morgan fingerprint density at radius 3 is 1.90 bits per heavy atom. The summed E-state index contributed by atoms with van der Waals surface area (Å²) >= 11 is 9.51. The van der Waals surface area contributed by atoms with Crippen molar-refractivity contribution in [3.8, 4) is 0 Å². The summed E-state index contributed by atoms with van der Waals surface area (Å²) < 4.78 is 0. The number of benzene rings is 1. The van der Waals surface area contributed by atoms with Crippen LogP contribution >= 0.6 is 37.0 Å². The molecular formula is C42H65N13O11S3. The second kappa shape index (κ2) is 29.3. The number of carboxylic acids is 1. The van der Waals surface area contributed by atoms with Crippen LogP contribution in [0.5, 0.6) is 0 Å². The topological polar surface area (TPSA) is 387 Å². The van der Waals surface area contributed by atoms with Crippen LogP contribution in [0.1, 0.15) is 63.9 Å². The molecule has 3 rings (SSSR count). The Balaban J connectivity index is 2.04. The third-order valence-electron chi connectivity index (χ3n) is 10.8. The van der Waals surface area contributed by atoms with E-state index in [-0.39, 0.29) is 68.4 Å². The first-order valence-corrected chi connectivity index (χ1v) is 24.7. The van der Waals surface area contributed by atoms with Crippen LogP contribution in [0.15, 0.2) is 30.3 Å². The number of fused-ring (bicyclic) bond motifs is 1. The molecule has 3 unspecified atom stereocenters. The van der Waals surface area contributed by atoms with E-state index in [1.54, 1.807) is 30.3 Å². The fraction of sp³-hybridized carbons (Fsp3) is 0.595. The number of thioether (sulfide) groups is 1. The largest absolute Gasteiger partial charge is 0.481 e. The summed E-state index contributed by atoms with van der Waals surface area (Å²) in [5.74, 6) is -10.2. The monoisotopic (exact) mass is 1020 g/mol. The van der Waals surface area contributed by atoms with Crippen molar-refractivity contribution in [2.45, 2.75) is 112 Å². The Kier molecular flexibility index (Phi) is 24.4. The number of unbranched alkanes of at least 4 members (excludes halogenated alkanes) is 1. The van der Waals surface area contributed by atoms with Gasteiger partial charge in [-0.3, -0.25) is 53.4 Å². The second-order valence-electron chi connectivity index (χ2n) is 16.3. The molecular weight excluding hydrogens is 959 g/mol. The quantitative estimate of drug-likeness (QED) is 0.0305. The number of nitrogens with two attached hydrogens (primary N) is 2. The molecule has 16 N–H and O–H groups in total. The number of carbonyl (C=O) groups is 10. The SMILES string of the molecule is CCCNC(=O)C12C[C@@H]1SCC(=O)N[C@@H](CCCCN)C(=O)NC(CS)C(=O)N[C@@H](CCCNC(=N)N)C(=O)NCC(=O)N[C@@H](CC(=O)O)C(=O)NC(CS)C(=O)N[C@@H](Cc1ccccc1)C(=O)N2. The summed E-state index contributed by atoms with van der Waals surface area (Å²) in [6, 6.07) is 0.107. The molecule has 1 heterocycles. The number of hydrogen-bond donors (Lipinski definition) is 16. The highest BCUT2D eigenvalue weighted by molar-refractivity contribution is 8.01. The Morgan fingerprint density at radius 2 is 1.30 bits per heavy atom. The van der Waals surface area contributed by atoms with Crippen LogP contribution in [0.2, 0.25) is 0 Å². The van der Waals surface area contributed by atoms with E-state index in [2.05, 4.69) is 78.4 Å². The van der Waals surface area contributed by atoms with Crippen molar-refractivity contribution in [1.29, 1.82) is 5.41 Å². The third kappa shape index (κ3) is 19.3. The summed E-state index contributed by atoms with van der Waals surface area (Å²) in [5, 5.41) is 41.9. The van der Waals surface area contributed by atoms with Gasteiger partial charge in [0.2, 0.25) is 53.2 Å². The zero-order valence-corrected chi connectivity index (χ0v) is 40.8. The van der Waals surface area contributed by atoms with Crippen LogP contribution < -0.4 is 64.6 Å². The average molecular weight is 1020 g/mol. The zero-order chi connectivity index (χ0) is 51.1. The maximum atomic E-state index is 14.3. The zero-order valence-electron chi connectivity index (χ0n) is 38.2. The van der Waals surface area contributed by atoms with Gasteiger partial charge in [0.15, 0.2) is 5.96 Å². The van der Waals surface area contributed by atoms with Crippen LogP contribution in [0.4, 0.5) is 0 Å². The van der Waals surface area contributed by atoms with E-state index >= 15 is 0 Å². The van der Waals surface area contributed by atoms with Crippen molar-refractivity contribution in [2.75, 3.05) is 43.4 Å². The minimum Gasteiger partial charge on any atom is -0.481 e.